The second kappa shape index (κ2) is 3.32. The van der Waals surface area contributed by atoms with Gasteiger partial charge in [-0.1, -0.05) is 13.8 Å². The Morgan fingerprint density at radius 3 is 2.46 bits per heavy atom. The van der Waals surface area contributed by atoms with Crippen LogP contribution in [0.25, 0.3) is 0 Å². The van der Waals surface area contributed by atoms with E-state index in [1.54, 1.807) is 0 Å². The number of hydrogen-bond acceptors (Lipinski definition) is 1. The van der Waals surface area contributed by atoms with Crippen LogP contribution in [0.3, 0.4) is 0 Å². The Morgan fingerprint density at radius 2 is 2.00 bits per heavy atom. The maximum atomic E-state index is 7.96. The van der Waals surface area contributed by atoms with E-state index in [-0.39, 0.29) is 0 Å². The highest BCUT2D eigenvalue weighted by molar-refractivity contribution is 5.83. The Labute approximate surface area is 80.8 Å². The van der Waals surface area contributed by atoms with Crippen molar-refractivity contribution in [1.29, 1.82) is 5.41 Å². The van der Waals surface area contributed by atoms with Crippen LogP contribution in [0.4, 0.5) is 0 Å². The molecule has 1 aliphatic carbocycles. The van der Waals surface area contributed by atoms with E-state index in [1.165, 1.54) is 19.3 Å². The Bertz CT molecular complexity index is 206. The second-order valence-corrected chi connectivity index (χ2v) is 4.90. The van der Waals surface area contributed by atoms with Crippen molar-refractivity contribution in [2.24, 2.45) is 17.8 Å². The molecule has 1 N–H and O–H groups in total. The summed E-state index contributed by atoms with van der Waals surface area (Å²) >= 11 is 0. The molecule has 0 amide bonds. The highest BCUT2D eigenvalue weighted by Crippen LogP contribution is 2.34. The average molecular weight is 180 g/mol. The van der Waals surface area contributed by atoms with Crippen LogP contribution in [0.2, 0.25) is 0 Å². The molecule has 2 nitrogen and oxygen atoms in total. The monoisotopic (exact) mass is 180 g/mol. The summed E-state index contributed by atoms with van der Waals surface area (Å²) in [5.74, 6) is 3.19. The van der Waals surface area contributed by atoms with Gasteiger partial charge in [0.05, 0.1) is 5.84 Å². The summed E-state index contributed by atoms with van der Waals surface area (Å²) in [5.41, 5.74) is 0. The lowest BCUT2D eigenvalue weighted by atomic mass is 9.95. The lowest BCUT2D eigenvalue weighted by Crippen LogP contribution is -2.29. The molecule has 1 heterocycles. The summed E-state index contributed by atoms with van der Waals surface area (Å²) in [6, 6.07) is 0. The van der Waals surface area contributed by atoms with Crippen LogP contribution < -0.4 is 0 Å². The molecule has 2 aliphatic rings. The van der Waals surface area contributed by atoms with Gasteiger partial charge < -0.3 is 4.90 Å². The highest BCUT2D eigenvalue weighted by Gasteiger charge is 2.34. The van der Waals surface area contributed by atoms with E-state index >= 15 is 0 Å². The molecule has 0 aromatic rings. The summed E-state index contributed by atoms with van der Waals surface area (Å²) in [6.07, 6.45) is 3.83. The van der Waals surface area contributed by atoms with Crippen LogP contribution >= 0.6 is 0 Å². The fourth-order valence-electron chi connectivity index (χ4n) is 2.17. The van der Waals surface area contributed by atoms with Gasteiger partial charge >= 0.3 is 0 Å². The van der Waals surface area contributed by atoms with Crippen LogP contribution in [0.1, 0.15) is 33.1 Å². The first-order valence-corrected chi connectivity index (χ1v) is 5.52. The molecule has 2 fully saturated rings. The van der Waals surface area contributed by atoms with Crippen LogP contribution in [-0.2, 0) is 0 Å². The third-order valence-corrected chi connectivity index (χ3v) is 3.47. The molecular weight excluding hydrogens is 160 g/mol. The summed E-state index contributed by atoms with van der Waals surface area (Å²) in [5, 5.41) is 7.96. The van der Waals surface area contributed by atoms with Crippen molar-refractivity contribution in [2.45, 2.75) is 33.1 Å². The molecule has 0 aromatic carbocycles. The number of rotatable bonds is 2. The first-order chi connectivity index (χ1) is 6.18. The zero-order chi connectivity index (χ0) is 9.42. The van der Waals surface area contributed by atoms with Gasteiger partial charge in [0.25, 0.3) is 0 Å². The lowest BCUT2D eigenvalue weighted by molar-refractivity contribution is 0.385. The van der Waals surface area contributed by atoms with E-state index in [9.17, 15) is 0 Å². The predicted octanol–water partition coefficient (Wildman–Crippen LogP) is 2.35. The number of hydrogen-bond donors (Lipinski definition) is 1. The lowest BCUT2D eigenvalue weighted by Gasteiger charge is -2.20. The Balaban J connectivity index is 1.86. The van der Waals surface area contributed by atoms with Crippen molar-refractivity contribution in [3.63, 3.8) is 0 Å². The molecule has 0 bridgehead atoms. The van der Waals surface area contributed by atoms with Gasteiger partial charge in [-0.2, -0.15) is 0 Å². The van der Waals surface area contributed by atoms with E-state index in [4.69, 9.17) is 5.41 Å². The van der Waals surface area contributed by atoms with Crippen LogP contribution in [0.5, 0.6) is 0 Å². The van der Waals surface area contributed by atoms with E-state index in [0.29, 0.717) is 5.92 Å². The normalized spacial score (nSPS) is 28.5. The number of nitrogens with one attached hydrogen (secondary N) is 1. The van der Waals surface area contributed by atoms with Crippen molar-refractivity contribution in [3.8, 4) is 0 Å². The van der Waals surface area contributed by atoms with Gasteiger partial charge in [-0.25, -0.2) is 0 Å². The zero-order valence-corrected chi connectivity index (χ0v) is 8.71. The van der Waals surface area contributed by atoms with E-state index in [2.05, 4.69) is 18.7 Å². The van der Waals surface area contributed by atoms with Gasteiger partial charge in [0.2, 0.25) is 0 Å². The molecule has 1 unspecified atom stereocenters. The molecule has 0 radical (unpaired) electrons. The first-order valence-electron chi connectivity index (χ1n) is 5.52. The third-order valence-electron chi connectivity index (χ3n) is 3.47. The zero-order valence-electron chi connectivity index (χ0n) is 8.71. The standard InChI is InChI=1S/C11H20N2/c1-8(2)10-5-6-13(7-10)11(12)9-3-4-9/h8-10,12H,3-7H2,1-2H3. The van der Waals surface area contributed by atoms with Crippen molar-refractivity contribution in [2.75, 3.05) is 13.1 Å². The minimum Gasteiger partial charge on any atom is -0.360 e. The Morgan fingerprint density at radius 1 is 1.31 bits per heavy atom. The van der Waals surface area contributed by atoms with Gasteiger partial charge in [-0.3, -0.25) is 5.41 Å². The van der Waals surface area contributed by atoms with Gasteiger partial charge in [0.1, 0.15) is 0 Å². The van der Waals surface area contributed by atoms with Gasteiger partial charge in [-0.15, -0.1) is 0 Å². The molecule has 74 valence electrons. The molecule has 1 saturated carbocycles. The van der Waals surface area contributed by atoms with Crippen LogP contribution in [-0.4, -0.2) is 23.8 Å². The quantitative estimate of drug-likeness (QED) is 0.512. The summed E-state index contributed by atoms with van der Waals surface area (Å²) in [7, 11) is 0. The Kier molecular flexibility index (Phi) is 2.31. The molecule has 1 atom stereocenters. The van der Waals surface area contributed by atoms with Gasteiger partial charge in [0, 0.05) is 19.0 Å². The molecule has 0 aromatic heterocycles. The smallest absolute Gasteiger partial charge is 0.0989 e. The first kappa shape index (κ1) is 9.04. The van der Waals surface area contributed by atoms with Crippen molar-refractivity contribution in [3.05, 3.63) is 0 Å². The fraction of sp³-hybridized carbons (Fsp3) is 0.909. The number of nitrogens with zero attached hydrogens (tertiary/aromatic N) is 1. The molecular formula is C11H20N2. The number of likely N-dealkylation sites (tertiary alicyclic amines) is 1. The van der Waals surface area contributed by atoms with Crippen LogP contribution in [0, 0.1) is 23.2 Å². The maximum absolute atomic E-state index is 7.96. The SMILES string of the molecule is CC(C)C1CCN(C(=N)C2CC2)C1. The number of amidine groups is 1. The minimum absolute atomic E-state index is 0.630. The van der Waals surface area contributed by atoms with E-state index in [0.717, 1.165) is 30.8 Å². The van der Waals surface area contributed by atoms with Gasteiger partial charge in [0.15, 0.2) is 0 Å². The van der Waals surface area contributed by atoms with Crippen molar-refractivity contribution >= 4 is 5.84 Å². The molecule has 2 heteroatoms. The van der Waals surface area contributed by atoms with Crippen LogP contribution in [0.15, 0.2) is 0 Å². The molecule has 2 rings (SSSR count). The second-order valence-electron chi connectivity index (χ2n) is 4.90. The minimum atomic E-state index is 0.630. The maximum Gasteiger partial charge on any atom is 0.0989 e. The fourth-order valence-corrected chi connectivity index (χ4v) is 2.17. The summed E-state index contributed by atoms with van der Waals surface area (Å²) < 4.78 is 0. The van der Waals surface area contributed by atoms with Crippen molar-refractivity contribution < 1.29 is 0 Å². The largest absolute Gasteiger partial charge is 0.360 e. The summed E-state index contributed by atoms with van der Waals surface area (Å²) in [6.45, 7) is 6.88. The predicted molar refractivity (Wildman–Crippen MR) is 55.0 cm³/mol. The highest BCUT2D eigenvalue weighted by atomic mass is 15.2. The molecule has 1 saturated heterocycles. The molecule has 13 heavy (non-hydrogen) atoms. The van der Waals surface area contributed by atoms with E-state index in [1.807, 2.05) is 0 Å². The van der Waals surface area contributed by atoms with Crippen molar-refractivity contribution in [1.82, 2.24) is 4.90 Å². The topological polar surface area (TPSA) is 27.1 Å². The Hall–Kier alpha value is -0.530. The van der Waals surface area contributed by atoms with Gasteiger partial charge in [-0.05, 0) is 31.1 Å². The molecule has 1 aliphatic heterocycles. The average Bonchev–Trinajstić information content (AvgIpc) is 2.81. The molecule has 0 spiro atoms. The third kappa shape index (κ3) is 1.87. The summed E-state index contributed by atoms with van der Waals surface area (Å²) in [4.78, 5) is 2.31. The van der Waals surface area contributed by atoms with E-state index < -0.39 is 0 Å².